The number of nitrogens with one attached hydrogen (secondary N) is 1. The lowest BCUT2D eigenvalue weighted by Crippen LogP contribution is -2.19. The molecule has 1 aliphatic heterocycles. The van der Waals surface area contributed by atoms with E-state index in [1.807, 2.05) is 31.2 Å². The molecule has 1 amide bonds. The molecule has 0 bridgehead atoms. The van der Waals surface area contributed by atoms with Crippen LogP contribution in [0.4, 0.5) is 5.69 Å². The van der Waals surface area contributed by atoms with Crippen LogP contribution in [-0.4, -0.2) is 19.5 Å². The van der Waals surface area contributed by atoms with Crippen molar-refractivity contribution >= 4 is 88.2 Å². The zero-order valence-electron chi connectivity index (χ0n) is 17.4. The molecule has 11 heteroatoms. The van der Waals surface area contributed by atoms with Gasteiger partial charge in [-0.25, -0.2) is 4.99 Å². The first kappa shape index (κ1) is 25.0. The van der Waals surface area contributed by atoms with E-state index in [4.69, 9.17) is 15.8 Å². The molecule has 174 valence electrons. The van der Waals surface area contributed by atoms with Crippen molar-refractivity contribution in [1.82, 2.24) is 5.32 Å². The molecule has 0 atom stereocenters. The smallest absolute Gasteiger partial charge is 0.339 e. The highest BCUT2D eigenvalue weighted by Crippen LogP contribution is 2.38. The number of carbonyl (C=O) groups is 1. The van der Waals surface area contributed by atoms with Crippen LogP contribution >= 0.6 is 55.2 Å². The van der Waals surface area contributed by atoms with Crippen molar-refractivity contribution in [2.45, 2.75) is 11.8 Å². The first-order valence-corrected chi connectivity index (χ1v) is 13.8. The molecule has 0 unspecified atom stereocenters. The molecule has 34 heavy (non-hydrogen) atoms. The van der Waals surface area contributed by atoms with Gasteiger partial charge in [0, 0.05) is 15.1 Å². The summed E-state index contributed by atoms with van der Waals surface area (Å²) >= 11 is 13.8. The SMILES string of the molecule is Cc1ccc(N=C2NC(=O)/C(=C/c3cc(Br)cc(Br)c3OS(=O)(=O)c3ccc(Cl)cc3)S2)cc1. The van der Waals surface area contributed by atoms with Gasteiger partial charge in [0.05, 0.1) is 15.1 Å². The van der Waals surface area contributed by atoms with E-state index in [2.05, 4.69) is 42.2 Å². The number of amides is 1. The van der Waals surface area contributed by atoms with Crippen LogP contribution in [0.1, 0.15) is 11.1 Å². The fraction of sp³-hybridized carbons (Fsp3) is 0.0435. The van der Waals surface area contributed by atoms with E-state index in [1.54, 1.807) is 18.2 Å². The standard InChI is InChI=1S/C23H15Br2ClN2O4S2/c1-13-2-6-17(7-3-13)27-23-28-22(29)20(33-23)11-14-10-15(24)12-19(25)21(14)32-34(30,31)18-8-4-16(26)5-9-18/h2-12H,1H3,(H,27,28,29)/b20-11-. The number of hydrogen-bond acceptors (Lipinski definition) is 6. The maximum absolute atomic E-state index is 12.9. The first-order chi connectivity index (χ1) is 16.1. The highest BCUT2D eigenvalue weighted by Gasteiger charge is 2.26. The van der Waals surface area contributed by atoms with Crippen LogP contribution in [-0.2, 0) is 14.9 Å². The maximum atomic E-state index is 12.9. The third-order valence-corrected chi connectivity index (χ3v) is 7.98. The van der Waals surface area contributed by atoms with Crippen LogP contribution in [0, 0.1) is 6.92 Å². The average molecular weight is 643 g/mol. The second kappa shape index (κ2) is 10.2. The molecule has 4 rings (SSSR count). The zero-order valence-corrected chi connectivity index (χ0v) is 22.9. The van der Waals surface area contributed by atoms with E-state index in [0.29, 0.717) is 35.3 Å². The van der Waals surface area contributed by atoms with Gasteiger partial charge < -0.3 is 9.50 Å². The molecule has 0 aliphatic carbocycles. The number of carbonyl (C=O) groups excluding carboxylic acids is 1. The fourth-order valence-electron chi connectivity index (χ4n) is 2.89. The molecule has 1 heterocycles. The van der Waals surface area contributed by atoms with Crippen LogP contribution in [0.2, 0.25) is 5.02 Å². The van der Waals surface area contributed by atoms with Crippen LogP contribution in [0.5, 0.6) is 5.75 Å². The Bertz CT molecular complexity index is 1440. The quantitative estimate of drug-likeness (QED) is 0.244. The Labute approximate surface area is 222 Å². The van der Waals surface area contributed by atoms with Crippen molar-refractivity contribution in [3.63, 3.8) is 0 Å². The van der Waals surface area contributed by atoms with Gasteiger partial charge in [-0.05, 0) is 89.2 Å². The number of amidine groups is 1. The van der Waals surface area contributed by atoms with Crippen LogP contribution in [0.3, 0.4) is 0 Å². The molecule has 3 aromatic rings. The van der Waals surface area contributed by atoms with Gasteiger partial charge in [0.15, 0.2) is 10.9 Å². The Morgan fingerprint density at radius 3 is 2.41 bits per heavy atom. The second-order valence-electron chi connectivity index (χ2n) is 7.11. The van der Waals surface area contributed by atoms with E-state index < -0.39 is 10.1 Å². The van der Waals surface area contributed by atoms with Gasteiger partial charge in [0.25, 0.3) is 5.91 Å². The monoisotopic (exact) mass is 640 g/mol. The molecular weight excluding hydrogens is 628 g/mol. The lowest BCUT2D eigenvalue weighted by atomic mass is 10.2. The summed E-state index contributed by atoms with van der Waals surface area (Å²) in [7, 11) is -4.15. The Morgan fingerprint density at radius 1 is 1.06 bits per heavy atom. The molecule has 6 nitrogen and oxygen atoms in total. The number of hydrogen-bond donors (Lipinski definition) is 1. The summed E-state index contributed by atoms with van der Waals surface area (Å²) in [6.45, 7) is 1.98. The highest BCUT2D eigenvalue weighted by molar-refractivity contribution is 9.11. The third-order valence-electron chi connectivity index (χ3n) is 4.53. The summed E-state index contributed by atoms with van der Waals surface area (Å²) < 4.78 is 32.2. The minimum Gasteiger partial charge on any atom is -0.377 e. The van der Waals surface area contributed by atoms with Crippen molar-refractivity contribution in [2.24, 2.45) is 4.99 Å². The van der Waals surface area contributed by atoms with Gasteiger partial charge in [0.2, 0.25) is 0 Å². The normalized spacial score (nSPS) is 16.2. The summed E-state index contributed by atoms with van der Waals surface area (Å²) in [5, 5.41) is 3.55. The van der Waals surface area contributed by atoms with Gasteiger partial charge in [-0.1, -0.05) is 45.2 Å². The fourth-order valence-corrected chi connectivity index (χ4v) is 6.27. The second-order valence-corrected chi connectivity index (χ2v) is 11.9. The number of aryl methyl sites for hydroxylation is 1. The number of halogens is 3. The van der Waals surface area contributed by atoms with Crippen molar-refractivity contribution in [3.8, 4) is 5.75 Å². The van der Waals surface area contributed by atoms with E-state index in [0.717, 1.165) is 17.3 Å². The van der Waals surface area contributed by atoms with Crippen LogP contribution < -0.4 is 9.50 Å². The van der Waals surface area contributed by atoms with Crippen molar-refractivity contribution in [2.75, 3.05) is 0 Å². The maximum Gasteiger partial charge on any atom is 0.339 e. The summed E-state index contributed by atoms with van der Waals surface area (Å²) in [6.07, 6.45) is 1.56. The van der Waals surface area contributed by atoms with E-state index in [1.165, 1.54) is 24.3 Å². The topological polar surface area (TPSA) is 84.8 Å². The van der Waals surface area contributed by atoms with E-state index >= 15 is 0 Å². The first-order valence-electron chi connectivity index (χ1n) is 9.66. The van der Waals surface area contributed by atoms with Crippen LogP contribution in [0.25, 0.3) is 6.08 Å². The number of aliphatic imine (C=N–C) groups is 1. The molecule has 0 aromatic heterocycles. The minimum atomic E-state index is -4.15. The predicted octanol–water partition coefficient (Wildman–Crippen LogP) is 6.83. The lowest BCUT2D eigenvalue weighted by Gasteiger charge is -2.12. The van der Waals surface area contributed by atoms with E-state index in [-0.39, 0.29) is 16.6 Å². The molecule has 0 saturated carbocycles. The Balaban J connectivity index is 1.67. The lowest BCUT2D eigenvalue weighted by molar-refractivity contribution is -0.115. The van der Waals surface area contributed by atoms with Gasteiger partial charge in [-0.15, -0.1) is 0 Å². The van der Waals surface area contributed by atoms with Crippen molar-refractivity contribution in [3.05, 3.63) is 90.7 Å². The average Bonchev–Trinajstić information content (AvgIpc) is 3.11. The Hall–Kier alpha value is -2.11. The van der Waals surface area contributed by atoms with Gasteiger partial charge in [-0.3, -0.25) is 4.79 Å². The Kier molecular flexibility index (Phi) is 7.54. The van der Waals surface area contributed by atoms with Gasteiger partial charge in [0.1, 0.15) is 4.90 Å². The summed E-state index contributed by atoms with van der Waals surface area (Å²) in [5.41, 5.74) is 2.19. The zero-order chi connectivity index (χ0) is 24.5. The molecule has 1 N–H and O–H groups in total. The predicted molar refractivity (Wildman–Crippen MR) is 143 cm³/mol. The van der Waals surface area contributed by atoms with E-state index in [9.17, 15) is 13.2 Å². The molecule has 3 aromatic carbocycles. The molecule has 0 radical (unpaired) electrons. The third kappa shape index (κ3) is 5.92. The molecule has 0 spiro atoms. The number of rotatable bonds is 5. The molecule has 1 saturated heterocycles. The number of benzene rings is 3. The Morgan fingerprint density at radius 2 is 1.74 bits per heavy atom. The van der Waals surface area contributed by atoms with Gasteiger partial charge >= 0.3 is 10.1 Å². The molecule has 1 fully saturated rings. The van der Waals surface area contributed by atoms with Crippen molar-refractivity contribution in [1.29, 1.82) is 0 Å². The van der Waals surface area contributed by atoms with Crippen LogP contribution in [0.15, 0.2) is 84.4 Å². The number of nitrogens with zero attached hydrogens (tertiary/aromatic N) is 1. The summed E-state index contributed by atoms with van der Waals surface area (Å²) in [6, 6.07) is 16.5. The largest absolute Gasteiger partial charge is 0.377 e. The summed E-state index contributed by atoms with van der Waals surface area (Å²) in [5.74, 6) is -0.304. The highest BCUT2D eigenvalue weighted by atomic mass is 79.9. The minimum absolute atomic E-state index is 0.0444. The molecule has 1 aliphatic rings. The molecular formula is C23H15Br2ClN2O4S2. The number of thioether (sulfide) groups is 1. The van der Waals surface area contributed by atoms with Gasteiger partial charge in [-0.2, -0.15) is 8.42 Å². The summed E-state index contributed by atoms with van der Waals surface area (Å²) in [4.78, 5) is 17.3. The van der Waals surface area contributed by atoms with Crippen molar-refractivity contribution < 1.29 is 17.4 Å².